The zero-order valence-electron chi connectivity index (χ0n) is 13.6. The van der Waals surface area contributed by atoms with Crippen LogP contribution in [-0.4, -0.2) is 26.5 Å². The molecular weight excluding hydrogens is 341 g/mol. The van der Waals surface area contributed by atoms with E-state index in [4.69, 9.17) is 5.26 Å². The van der Waals surface area contributed by atoms with E-state index in [1.54, 1.807) is 3.59 Å². The number of nitriles is 1. The van der Waals surface area contributed by atoms with E-state index in [0.29, 0.717) is 11.5 Å². The van der Waals surface area contributed by atoms with Crippen LogP contribution < -0.4 is 0 Å². The SMILES string of the molecule is CC(C)(C)[Si](C)(C)/C=[C](/CCCC#N)[Sn]([CH3])([CH3])[CH3]. The van der Waals surface area contributed by atoms with Crippen LogP contribution >= 0.6 is 0 Å². The fourth-order valence-electron chi connectivity index (χ4n) is 1.67. The van der Waals surface area contributed by atoms with Crippen molar-refractivity contribution < 1.29 is 0 Å². The third kappa shape index (κ3) is 5.92. The summed E-state index contributed by atoms with van der Waals surface area (Å²) in [5.41, 5.74) is 2.68. The van der Waals surface area contributed by atoms with Crippen molar-refractivity contribution in [3.05, 3.63) is 9.29 Å². The van der Waals surface area contributed by atoms with Crippen molar-refractivity contribution >= 4 is 26.5 Å². The Morgan fingerprint density at radius 1 is 1.22 bits per heavy atom. The number of nitrogens with zero attached hydrogens (tertiary/aromatic N) is 1. The molecule has 0 heterocycles. The van der Waals surface area contributed by atoms with Crippen LogP contribution in [0.25, 0.3) is 0 Å². The first-order chi connectivity index (χ1) is 7.92. The molecule has 0 radical (unpaired) electrons. The van der Waals surface area contributed by atoms with E-state index in [0.717, 1.165) is 6.42 Å². The number of hydrogen-bond acceptors (Lipinski definition) is 1. The Labute approximate surface area is 120 Å². The van der Waals surface area contributed by atoms with Crippen LogP contribution in [0.5, 0.6) is 0 Å². The number of unbranched alkanes of at least 4 members (excludes halogenated alkanes) is 1. The van der Waals surface area contributed by atoms with Gasteiger partial charge in [0.2, 0.25) is 0 Å². The molecule has 0 spiro atoms. The molecule has 0 aliphatic heterocycles. The van der Waals surface area contributed by atoms with Gasteiger partial charge in [0.15, 0.2) is 0 Å². The molecule has 0 aromatic heterocycles. The Morgan fingerprint density at radius 3 is 2.06 bits per heavy atom. The molecule has 1 nitrogen and oxygen atoms in total. The van der Waals surface area contributed by atoms with Crippen molar-refractivity contribution in [2.24, 2.45) is 0 Å². The van der Waals surface area contributed by atoms with Crippen LogP contribution in [0, 0.1) is 11.3 Å². The second kappa shape index (κ2) is 6.61. The third-order valence-corrected chi connectivity index (χ3v) is 16.6. The summed E-state index contributed by atoms with van der Waals surface area (Å²) in [6, 6.07) is 2.28. The number of hydrogen-bond donors (Lipinski definition) is 0. The van der Waals surface area contributed by atoms with Gasteiger partial charge in [-0.05, 0) is 0 Å². The molecule has 0 atom stereocenters. The molecule has 0 amide bonds. The predicted octanol–water partition coefficient (Wildman–Crippen LogP) is 5.53. The van der Waals surface area contributed by atoms with Gasteiger partial charge in [-0.25, -0.2) is 0 Å². The van der Waals surface area contributed by atoms with Crippen molar-refractivity contribution in [3.63, 3.8) is 0 Å². The molecule has 18 heavy (non-hydrogen) atoms. The topological polar surface area (TPSA) is 23.8 Å². The summed E-state index contributed by atoms with van der Waals surface area (Å²) in [5, 5.41) is 9.12. The van der Waals surface area contributed by atoms with E-state index in [1.165, 1.54) is 6.42 Å². The Morgan fingerprint density at radius 2 is 1.72 bits per heavy atom. The molecule has 0 aromatic carbocycles. The molecule has 0 aliphatic carbocycles. The quantitative estimate of drug-likeness (QED) is 0.460. The van der Waals surface area contributed by atoms with E-state index < -0.39 is 26.5 Å². The van der Waals surface area contributed by atoms with Crippen molar-refractivity contribution in [3.8, 4) is 6.07 Å². The zero-order valence-corrected chi connectivity index (χ0v) is 17.5. The first-order valence-electron chi connectivity index (χ1n) is 7.01. The summed E-state index contributed by atoms with van der Waals surface area (Å²) in [6.45, 7) is 12.1. The van der Waals surface area contributed by atoms with Crippen LogP contribution in [0.4, 0.5) is 0 Å². The zero-order chi connectivity index (χ0) is 14.6. The van der Waals surface area contributed by atoms with Crippen molar-refractivity contribution in [1.82, 2.24) is 0 Å². The third-order valence-electron chi connectivity index (χ3n) is 4.17. The molecule has 0 fully saturated rings. The maximum atomic E-state index is 8.70. The molecule has 0 bridgehead atoms. The Bertz CT molecular complexity index is 337. The minimum atomic E-state index is -1.99. The van der Waals surface area contributed by atoms with Gasteiger partial charge in [0, 0.05) is 0 Å². The molecule has 104 valence electrons. The summed E-state index contributed by atoms with van der Waals surface area (Å²) < 4.78 is 1.76. The Balaban J connectivity index is 5.15. The summed E-state index contributed by atoms with van der Waals surface area (Å²) in [5.74, 6) is 0. The second-order valence-corrected chi connectivity index (χ2v) is 27.8. The summed E-state index contributed by atoms with van der Waals surface area (Å²) in [6.07, 6.45) is 2.92. The van der Waals surface area contributed by atoms with E-state index in [-0.39, 0.29) is 0 Å². The monoisotopic (exact) mass is 373 g/mol. The maximum absolute atomic E-state index is 8.70. The van der Waals surface area contributed by atoms with Crippen LogP contribution in [0.1, 0.15) is 40.0 Å². The molecule has 0 aromatic rings. The molecule has 0 unspecified atom stereocenters. The van der Waals surface area contributed by atoms with E-state index in [9.17, 15) is 0 Å². The summed E-state index contributed by atoms with van der Waals surface area (Å²) >= 11 is -1.99. The van der Waals surface area contributed by atoms with Gasteiger partial charge in [-0.15, -0.1) is 0 Å². The van der Waals surface area contributed by atoms with Gasteiger partial charge in [-0.2, -0.15) is 0 Å². The number of allylic oxidation sites excluding steroid dienone is 1. The first-order valence-corrected chi connectivity index (χ1v) is 20.1. The van der Waals surface area contributed by atoms with Crippen molar-refractivity contribution in [1.29, 1.82) is 5.26 Å². The fourth-order valence-corrected chi connectivity index (χ4v) is 13.0. The molecule has 0 rings (SSSR count). The fraction of sp³-hybridized carbons (Fsp3) is 0.800. The molecule has 0 N–H and O–H groups in total. The molecule has 0 aliphatic rings. The van der Waals surface area contributed by atoms with Gasteiger partial charge in [-0.1, -0.05) is 0 Å². The second-order valence-electron chi connectivity index (χ2n) is 7.90. The first kappa shape index (κ1) is 18.2. The summed E-state index contributed by atoms with van der Waals surface area (Å²) in [7, 11) is -1.33. The van der Waals surface area contributed by atoms with E-state index in [2.05, 4.69) is 60.5 Å². The minimum absolute atomic E-state index is 0.421. The number of rotatable bonds is 5. The standard InChI is InChI=1S/C12H22NSi.3CH3.Sn/c1-12(2,3)14(4,5)11-9-7-6-8-10-13;;;;/h11H,6-8H2,1-5H3;3*1H3;. The van der Waals surface area contributed by atoms with Gasteiger partial charge >= 0.3 is 120 Å². The average molecular weight is 372 g/mol. The Kier molecular flexibility index (Phi) is 6.70. The van der Waals surface area contributed by atoms with E-state index >= 15 is 0 Å². The van der Waals surface area contributed by atoms with Crippen LogP contribution in [0.15, 0.2) is 9.29 Å². The van der Waals surface area contributed by atoms with Gasteiger partial charge in [-0.3, -0.25) is 0 Å². The Hall–Kier alpha value is 0.246. The van der Waals surface area contributed by atoms with Gasteiger partial charge in [0.05, 0.1) is 0 Å². The predicted molar refractivity (Wildman–Crippen MR) is 88.1 cm³/mol. The van der Waals surface area contributed by atoms with E-state index in [1.807, 2.05) is 0 Å². The van der Waals surface area contributed by atoms with Crippen LogP contribution in [0.2, 0.25) is 33.0 Å². The summed E-state index contributed by atoms with van der Waals surface area (Å²) in [4.78, 5) is 7.50. The molecule has 3 heteroatoms. The van der Waals surface area contributed by atoms with Gasteiger partial charge in [0.1, 0.15) is 0 Å². The van der Waals surface area contributed by atoms with Gasteiger partial charge in [0.25, 0.3) is 0 Å². The average Bonchev–Trinajstić information content (AvgIpc) is 2.13. The molecule has 0 saturated heterocycles. The van der Waals surface area contributed by atoms with Gasteiger partial charge < -0.3 is 0 Å². The molecular formula is C15H31NSiSn. The normalized spacial score (nSPS) is 14.5. The van der Waals surface area contributed by atoms with Crippen molar-refractivity contribution in [2.75, 3.05) is 0 Å². The van der Waals surface area contributed by atoms with Crippen LogP contribution in [-0.2, 0) is 0 Å². The van der Waals surface area contributed by atoms with Crippen LogP contribution in [0.3, 0.4) is 0 Å². The molecule has 0 saturated carbocycles. The van der Waals surface area contributed by atoms with Crippen molar-refractivity contribution in [2.45, 2.75) is 73.0 Å².